The number of halogens is 1. The van der Waals surface area contributed by atoms with Crippen LogP contribution in [0.5, 0.6) is 0 Å². The molecule has 96 valence electrons. The van der Waals surface area contributed by atoms with Gasteiger partial charge in [0.05, 0.1) is 10.2 Å². The predicted molar refractivity (Wildman–Crippen MR) is 73.7 cm³/mol. The molecule has 0 fully saturated rings. The maximum Gasteiger partial charge on any atom is 0.186 e. The average Bonchev–Trinajstić information content (AvgIpc) is 2.83. The Kier molecular flexibility index (Phi) is 3.08. The Balaban J connectivity index is 1.87. The molecule has 1 aromatic carbocycles. The molecule has 3 rings (SSSR count). The van der Waals surface area contributed by atoms with Gasteiger partial charge >= 0.3 is 0 Å². The summed E-state index contributed by atoms with van der Waals surface area (Å²) in [6.07, 6.45) is 5.05. The van der Waals surface area contributed by atoms with Crippen LogP contribution >= 0.6 is 11.3 Å². The Hall–Kier alpha value is -2.08. The third-order valence-corrected chi connectivity index (χ3v) is 3.85. The van der Waals surface area contributed by atoms with Crippen LogP contribution in [0.1, 0.15) is 5.56 Å². The molecule has 0 atom stereocenters. The van der Waals surface area contributed by atoms with Crippen molar-refractivity contribution >= 4 is 26.7 Å². The second-order valence-corrected chi connectivity index (χ2v) is 5.22. The van der Waals surface area contributed by atoms with E-state index in [-0.39, 0.29) is 5.82 Å². The lowest BCUT2D eigenvalue weighted by molar-refractivity contribution is 0.629. The molecule has 2 heterocycles. The third-order valence-electron chi connectivity index (χ3n) is 2.70. The molecule has 0 amide bonds. The summed E-state index contributed by atoms with van der Waals surface area (Å²) < 4.78 is 14.1. The minimum Gasteiger partial charge on any atom is -0.347 e. The standard InChI is InChI=1S/C13H11FN4S/c1-18(7-9-5-15-8-16-6-9)13-17-11-4-10(14)2-3-12(11)19-13/h2-6,8H,7H2,1H3. The fourth-order valence-corrected chi connectivity index (χ4v) is 2.71. The van der Waals surface area contributed by atoms with E-state index in [9.17, 15) is 4.39 Å². The van der Waals surface area contributed by atoms with Crippen LogP contribution in [0.15, 0.2) is 36.9 Å². The van der Waals surface area contributed by atoms with Gasteiger partial charge < -0.3 is 4.90 Å². The molecule has 19 heavy (non-hydrogen) atoms. The Morgan fingerprint density at radius 1 is 1.26 bits per heavy atom. The molecule has 0 saturated carbocycles. The van der Waals surface area contributed by atoms with Gasteiger partial charge in [-0.25, -0.2) is 19.3 Å². The highest BCUT2D eigenvalue weighted by Crippen LogP contribution is 2.29. The zero-order valence-corrected chi connectivity index (χ0v) is 11.1. The number of anilines is 1. The molecule has 0 aliphatic carbocycles. The van der Waals surface area contributed by atoms with E-state index in [1.54, 1.807) is 29.8 Å². The number of thiazole rings is 1. The van der Waals surface area contributed by atoms with Crippen LogP contribution in [-0.2, 0) is 6.54 Å². The van der Waals surface area contributed by atoms with Gasteiger partial charge in [0.1, 0.15) is 12.1 Å². The molecule has 0 spiro atoms. The first-order valence-electron chi connectivity index (χ1n) is 5.73. The van der Waals surface area contributed by atoms with Gasteiger partial charge in [0, 0.05) is 37.6 Å². The van der Waals surface area contributed by atoms with E-state index in [0.29, 0.717) is 12.1 Å². The fraction of sp³-hybridized carbons (Fsp3) is 0.154. The van der Waals surface area contributed by atoms with Gasteiger partial charge in [0.25, 0.3) is 0 Å². The highest BCUT2D eigenvalue weighted by Gasteiger charge is 2.09. The zero-order valence-electron chi connectivity index (χ0n) is 10.2. The van der Waals surface area contributed by atoms with E-state index in [0.717, 1.165) is 15.4 Å². The Morgan fingerprint density at radius 2 is 2.05 bits per heavy atom. The number of aromatic nitrogens is 3. The third kappa shape index (κ3) is 2.53. The highest BCUT2D eigenvalue weighted by atomic mass is 32.1. The van der Waals surface area contributed by atoms with Gasteiger partial charge in [-0.05, 0) is 12.1 Å². The second-order valence-electron chi connectivity index (χ2n) is 4.21. The molecule has 0 saturated heterocycles. The summed E-state index contributed by atoms with van der Waals surface area (Å²) in [5, 5.41) is 0.851. The molecule has 3 aromatic rings. The summed E-state index contributed by atoms with van der Waals surface area (Å²) in [6, 6.07) is 4.66. The number of hydrogen-bond acceptors (Lipinski definition) is 5. The van der Waals surface area contributed by atoms with Crippen molar-refractivity contribution in [3.63, 3.8) is 0 Å². The number of nitrogens with zero attached hydrogens (tertiary/aromatic N) is 4. The van der Waals surface area contributed by atoms with Crippen molar-refractivity contribution < 1.29 is 4.39 Å². The Labute approximate surface area is 113 Å². The molecule has 0 unspecified atom stereocenters. The monoisotopic (exact) mass is 274 g/mol. The molecule has 0 aliphatic rings. The largest absolute Gasteiger partial charge is 0.347 e. The van der Waals surface area contributed by atoms with E-state index in [1.807, 2.05) is 11.9 Å². The molecule has 0 bridgehead atoms. The first-order chi connectivity index (χ1) is 9.22. The molecule has 6 heteroatoms. The quantitative estimate of drug-likeness (QED) is 0.736. The molecule has 4 nitrogen and oxygen atoms in total. The Morgan fingerprint density at radius 3 is 2.84 bits per heavy atom. The molecular formula is C13H11FN4S. The van der Waals surface area contributed by atoms with Crippen molar-refractivity contribution in [1.29, 1.82) is 0 Å². The fourth-order valence-electron chi connectivity index (χ4n) is 1.80. The van der Waals surface area contributed by atoms with Crippen LogP contribution in [0.3, 0.4) is 0 Å². The van der Waals surface area contributed by atoms with Crippen LogP contribution in [0, 0.1) is 5.82 Å². The lowest BCUT2D eigenvalue weighted by atomic mass is 10.3. The van der Waals surface area contributed by atoms with Gasteiger partial charge in [-0.3, -0.25) is 0 Å². The van der Waals surface area contributed by atoms with Crippen molar-refractivity contribution in [2.45, 2.75) is 6.54 Å². The number of rotatable bonds is 3. The van der Waals surface area contributed by atoms with Crippen molar-refractivity contribution in [2.75, 3.05) is 11.9 Å². The van der Waals surface area contributed by atoms with Gasteiger partial charge in [-0.2, -0.15) is 0 Å². The maximum atomic E-state index is 13.1. The number of hydrogen-bond donors (Lipinski definition) is 0. The van der Waals surface area contributed by atoms with Crippen LogP contribution in [0.4, 0.5) is 9.52 Å². The molecule has 0 N–H and O–H groups in total. The van der Waals surface area contributed by atoms with Gasteiger partial charge in [-0.1, -0.05) is 11.3 Å². The number of fused-ring (bicyclic) bond motifs is 1. The molecule has 0 aliphatic heterocycles. The highest BCUT2D eigenvalue weighted by molar-refractivity contribution is 7.22. The maximum absolute atomic E-state index is 13.1. The first-order valence-corrected chi connectivity index (χ1v) is 6.55. The minimum atomic E-state index is -0.261. The molecular weight excluding hydrogens is 263 g/mol. The van der Waals surface area contributed by atoms with Crippen LogP contribution < -0.4 is 4.90 Å². The summed E-state index contributed by atoms with van der Waals surface area (Å²) in [7, 11) is 1.95. The second kappa shape index (κ2) is 4.89. The van der Waals surface area contributed by atoms with Crippen molar-refractivity contribution in [1.82, 2.24) is 15.0 Å². The lowest BCUT2D eigenvalue weighted by Crippen LogP contribution is -2.16. The summed E-state index contributed by atoms with van der Waals surface area (Å²) in [6.45, 7) is 0.670. The van der Waals surface area contributed by atoms with Crippen molar-refractivity contribution in [3.8, 4) is 0 Å². The molecule has 0 radical (unpaired) electrons. The van der Waals surface area contributed by atoms with E-state index in [2.05, 4.69) is 15.0 Å². The van der Waals surface area contributed by atoms with Gasteiger partial charge in [0.2, 0.25) is 0 Å². The Bertz CT molecular complexity index is 698. The van der Waals surface area contributed by atoms with E-state index >= 15 is 0 Å². The smallest absolute Gasteiger partial charge is 0.186 e. The minimum absolute atomic E-state index is 0.261. The first kappa shape index (κ1) is 12.0. The predicted octanol–water partition coefficient (Wildman–Crippen LogP) is 2.86. The average molecular weight is 274 g/mol. The van der Waals surface area contributed by atoms with Crippen molar-refractivity contribution in [3.05, 3.63) is 48.3 Å². The number of benzene rings is 1. The van der Waals surface area contributed by atoms with E-state index in [4.69, 9.17) is 0 Å². The zero-order chi connectivity index (χ0) is 13.2. The van der Waals surface area contributed by atoms with Crippen LogP contribution in [0.25, 0.3) is 10.2 Å². The van der Waals surface area contributed by atoms with Crippen LogP contribution in [-0.4, -0.2) is 22.0 Å². The van der Waals surface area contributed by atoms with Crippen molar-refractivity contribution in [2.24, 2.45) is 0 Å². The lowest BCUT2D eigenvalue weighted by Gasteiger charge is -2.14. The summed E-state index contributed by atoms with van der Waals surface area (Å²) in [4.78, 5) is 14.4. The van der Waals surface area contributed by atoms with Crippen LogP contribution in [0.2, 0.25) is 0 Å². The van der Waals surface area contributed by atoms with E-state index < -0.39 is 0 Å². The van der Waals surface area contributed by atoms with E-state index in [1.165, 1.54) is 18.5 Å². The molecule has 2 aromatic heterocycles. The SMILES string of the molecule is CN(Cc1cncnc1)c1nc2cc(F)ccc2s1. The summed E-state index contributed by atoms with van der Waals surface area (Å²) in [5.74, 6) is -0.261. The summed E-state index contributed by atoms with van der Waals surface area (Å²) >= 11 is 1.54. The normalized spacial score (nSPS) is 10.8. The van der Waals surface area contributed by atoms with Gasteiger partial charge in [-0.15, -0.1) is 0 Å². The summed E-state index contributed by atoms with van der Waals surface area (Å²) in [5.41, 5.74) is 1.70. The van der Waals surface area contributed by atoms with Gasteiger partial charge in [0.15, 0.2) is 5.13 Å². The topological polar surface area (TPSA) is 41.9 Å².